The second-order valence-electron chi connectivity index (χ2n) is 7.98. The van der Waals surface area contributed by atoms with E-state index in [2.05, 4.69) is 10.3 Å². The Morgan fingerprint density at radius 1 is 1.16 bits per heavy atom. The van der Waals surface area contributed by atoms with Crippen LogP contribution < -0.4 is 10.9 Å². The van der Waals surface area contributed by atoms with Gasteiger partial charge in [-0.05, 0) is 51.5 Å². The molecule has 3 rings (SSSR count). The van der Waals surface area contributed by atoms with Crippen molar-refractivity contribution in [2.24, 2.45) is 0 Å². The van der Waals surface area contributed by atoms with E-state index in [1.54, 1.807) is 27.7 Å². The molecular formula is C22H22F3N3O3. The van der Waals surface area contributed by atoms with Gasteiger partial charge in [0.15, 0.2) is 0 Å². The molecule has 9 heteroatoms. The third kappa shape index (κ3) is 4.87. The zero-order valence-corrected chi connectivity index (χ0v) is 17.5. The fourth-order valence-electron chi connectivity index (χ4n) is 3.16. The van der Waals surface area contributed by atoms with Crippen LogP contribution in [0, 0.1) is 17.5 Å². The molecule has 0 aliphatic carbocycles. The summed E-state index contributed by atoms with van der Waals surface area (Å²) < 4.78 is 48.4. The fraction of sp³-hybridized carbons (Fsp3) is 0.318. The van der Waals surface area contributed by atoms with Crippen molar-refractivity contribution in [3.05, 3.63) is 70.0 Å². The lowest BCUT2D eigenvalue weighted by molar-refractivity contribution is 0.0499. The van der Waals surface area contributed by atoms with Crippen molar-refractivity contribution in [1.29, 1.82) is 0 Å². The van der Waals surface area contributed by atoms with Gasteiger partial charge in [0.25, 0.3) is 5.56 Å². The maximum atomic E-state index is 14.4. The molecule has 0 bridgehead atoms. The second-order valence-corrected chi connectivity index (χ2v) is 7.98. The van der Waals surface area contributed by atoms with Crippen LogP contribution in [-0.4, -0.2) is 21.2 Å². The molecule has 6 nitrogen and oxygen atoms in total. The lowest BCUT2D eigenvalue weighted by Crippen LogP contribution is -2.38. The van der Waals surface area contributed by atoms with Crippen molar-refractivity contribution >= 4 is 17.0 Å². The van der Waals surface area contributed by atoms with E-state index in [1.807, 2.05) is 0 Å². The number of carbonyl (C=O) groups is 1. The van der Waals surface area contributed by atoms with Crippen LogP contribution in [0.1, 0.15) is 46.0 Å². The highest BCUT2D eigenvalue weighted by atomic mass is 19.1. The first-order chi connectivity index (χ1) is 14.5. The molecule has 0 saturated carbocycles. The molecule has 2 aromatic carbocycles. The van der Waals surface area contributed by atoms with Gasteiger partial charge in [0.2, 0.25) is 0 Å². The Bertz CT molecular complexity index is 1180. The third-order valence-corrected chi connectivity index (χ3v) is 4.39. The average Bonchev–Trinajstić information content (AvgIpc) is 2.63. The number of halogens is 3. The highest BCUT2D eigenvalue weighted by Gasteiger charge is 2.25. The van der Waals surface area contributed by atoms with Gasteiger partial charge in [0, 0.05) is 6.07 Å². The van der Waals surface area contributed by atoms with Crippen LogP contribution in [0.2, 0.25) is 0 Å². The fourth-order valence-corrected chi connectivity index (χ4v) is 3.16. The number of ether oxygens (including phenoxy) is 1. The number of carbonyl (C=O) groups excluding carboxylic acids is 1. The summed E-state index contributed by atoms with van der Waals surface area (Å²) in [6.07, 6.45) is -0.491. The van der Waals surface area contributed by atoms with Gasteiger partial charge in [-0.25, -0.2) is 22.9 Å². The normalized spacial score (nSPS) is 12.6. The van der Waals surface area contributed by atoms with Crippen molar-refractivity contribution in [1.82, 2.24) is 14.9 Å². The van der Waals surface area contributed by atoms with E-state index < -0.39 is 40.7 Å². The Morgan fingerprint density at radius 2 is 1.81 bits per heavy atom. The number of fused-ring (bicyclic) bond motifs is 1. The Labute approximate surface area is 176 Å². The van der Waals surface area contributed by atoms with Crippen molar-refractivity contribution < 1.29 is 22.7 Å². The summed E-state index contributed by atoms with van der Waals surface area (Å²) in [4.78, 5) is 29.9. The minimum atomic E-state index is -0.922. The van der Waals surface area contributed by atoms with Gasteiger partial charge < -0.3 is 10.1 Å². The zero-order valence-electron chi connectivity index (χ0n) is 17.5. The molecule has 1 N–H and O–H groups in total. The van der Waals surface area contributed by atoms with Gasteiger partial charge in [0.05, 0.1) is 17.2 Å². The molecule has 0 saturated heterocycles. The Hall–Kier alpha value is -3.36. The highest BCUT2D eigenvalue weighted by molar-refractivity contribution is 5.79. The average molecular weight is 433 g/mol. The van der Waals surface area contributed by atoms with Crippen LogP contribution in [-0.2, 0) is 4.74 Å². The van der Waals surface area contributed by atoms with Gasteiger partial charge in [0.1, 0.15) is 34.3 Å². The summed E-state index contributed by atoms with van der Waals surface area (Å²) in [5.74, 6) is -2.67. The number of nitrogens with one attached hydrogen (secondary N) is 1. The molecule has 1 heterocycles. The largest absolute Gasteiger partial charge is 0.444 e. The van der Waals surface area contributed by atoms with Crippen LogP contribution in [0.25, 0.3) is 16.6 Å². The Balaban J connectivity index is 2.26. The van der Waals surface area contributed by atoms with Crippen molar-refractivity contribution in [2.75, 3.05) is 0 Å². The van der Waals surface area contributed by atoms with Crippen LogP contribution in [0.4, 0.5) is 18.0 Å². The first-order valence-electron chi connectivity index (χ1n) is 9.67. The lowest BCUT2D eigenvalue weighted by atomic mass is 10.1. The van der Waals surface area contributed by atoms with Crippen LogP contribution >= 0.6 is 0 Å². The number of amides is 1. The number of benzene rings is 2. The molecule has 0 fully saturated rings. The molecule has 1 aromatic heterocycles. The molecule has 0 unspecified atom stereocenters. The topological polar surface area (TPSA) is 73.2 Å². The van der Waals surface area contributed by atoms with Crippen LogP contribution in [0.3, 0.4) is 0 Å². The second kappa shape index (κ2) is 8.41. The van der Waals surface area contributed by atoms with Crippen LogP contribution in [0.15, 0.2) is 41.2 Å². The number of rotatable bonds is 4. The summed E-state index contributed by atoms with van der Waals surface area (Å²) in [5.41, 5.74) is -1.75. The van der Waals surface area contributed by atoms with E-state index >= 15 is 0 Å². The SMILES string of the molecule is CC[C@H](NC(=O)OC(C)(C)C)c1nc2cccc(F)c2c(=O)n1-c1cc(F)cc(F)c1. The number of nitrogens with zero attached hydrogens (tertiary/aromatic N) is 2. The van der Waals surface area contributed by atoms with Gasteiger partial charge in [-0.1, -0.05) is 13.0 Å². The molecule has 1 amide bonds. The standard InChI is InChI=1S/C22H22F3N3O3/c1-5-16(27-21(30)31-22(2,3)4)19-26-17-8-6-7-15(25)18(17)20(29)28(19)14-10-12(23)9-13(24)11-14/h6-11,16H,5H2,1-4H3,(H,27,30)/t16-/m0/s1. The summed E-state index contributed by atoms with van der Waals surface area (Å²) in [5, 5.41) is 2.29. The Morgan fingerprint density at radius 3 is 2.39 bits per heavy atom. The first kappa shape index (κ1) is 22.3. The van der Waals surface area contributed by atoms with Crippen molar-refractivity contribution in [3.8, 4) is 5.69 Å². The van der Waals surface area contributed by atoms with Gasteiger partial charge in [-0.15, -0.1) is 0 Å². The van der Waals surface area contributed by atoms with E-state index in [0.29, 0.717) is 6.07 Å². The van der Waals surface area contributed by atoms with E-state index in [4.69, 9.17) is 4.74 Å². The zero-order chi connectivity index (χ0) is 22.9. The summed E-state index contributed by atoms with van der Waals surface area (Å²) in [6.45, 7) is 6.79. The minimum Gasteiger partial charge on any atom is -0.444 e. The van der Waals surface area contributed by atoms with Gasteiger partial charge in [-0.2, -0.15) is 0 Å². The maximum Gasteiger partial charge on any atom is 0.408 e. The summed E-state index contributed by atoms with van der Waals surface area (Å²) >= 11 is 0. The van der Waals surface area contributed by atoms with E-state index in [1.165, 1.54) is 12.1 Å². The predicted octanol–water partition coefficient (Wildman–Crippen LogP) is 4.78. The number of hydrogen-bond acceptors (Lipinski definition) is 4. The number of hydrogen-bond donors (Lipinski definition) is 1. The molecule has 1 atom stereocenters. The molecule has 0 radical (unpaired) electrons. The monoisotopic (exact) mass is 433 g/mol. The summed E-state index contributed by atoms with van der Waals surface area (Å²) in [7, 11) is 0. The molecular weight excluding hydrogens is 411 g/mol. The molecule has 31 heavy (non-hydrogen) atoms. The summed E-state index contributed by atoms with van der Waals surface area (Å²) in [6, 6.07) is 5.59. The maximum absolute atomic E-state index is 14.4. The third-order valence-electron chi connectivity index (χ3n) is 4.39. The van der Waals surface area contributed by atoms with Crippen LogP contribution in [0.5, 0.6) is 0 Å². The molecule has 0 aliphatic heterocycles. The molecule has 164 valence electrons. The first-order valence-corrected chi connectivity index (χ1v) is 9.67. The molecule has 0 spiro atoms. The van der Waals surface area contributed by atoms with E-state index in [9.17, 15) is 22.8 Å². The highest BCUT2D eigenvalue weighted by Crippen LogP contribution is 2.23. The number of aromatic nitrogens is 2. The van der Waals surface area contributed by atoms with Crippen molar-refractivity contribution in [2.45, 2.75) is 45.8 Å². The van der Waals surface area contributed by atoms with E-state index in [0.717, 1.165) is 22.8 Å². The minimum absolute atomic E-state index is 0.0125. The van der Waals surface area contributed by atoms with Crippen molar-refractivity contribution in [3.63, 3.8) is 0 Å². The van der Waals surface area contributed by atoms with Gasteiger partial charge in [-0.3, -0.25) is 9.36 Å². The molecule has 0 aliphatic rings. The lowest BCUT2D eigenvalue weighted by Gasteiger charge is -2.24. The van der Waals surface area contributed by atoms with E-state index in [-0.39, 0.29) is 28.8 Å². The predicted molar refractivity (Wildman–Crippen MR) is 110 cm³/mol. The molecule has 3 aromatic rings. The smallest absolute Gasteiger partial charge is 0.408 e. The van der Waals surface area contributed by atoms with Gasteiger partial charge >= 0.3 is 6.09 Å². The Kier molecular flexibility index (Phi) is 6.06. The quantitative estimate of drug-likeness (QED) is 0.643. The number of alkyl carbamates (subject to hydrolysis) is 1.